The lowest BCUT2D eigenvalue weighted by molar-refractivity contribution is -0.123. The number of nitrogens with zero attached hydrogens (tertiary/aromatic N) is 2. The lowest BCUT2D eigenvalue weighted by Crippen LogP contribution is -2.50. The number of benzene rings is 1. The first kappa shape index (κ1) is 15.6. The van der Waals surface area contributed by atoms with Crippen molar-refractivity contribution in [2.24, 2.45) is 0 Å². The Bertz CT molecular complexity index is 573. The minimum absolute atomic E-state index is 0.180. The molecule has 2 unspecified atom stereocenters. The van der Waals surface area contributed by atoms with Crippen molar-refractivity contribution in [3.8, 4) is 6.07 Å². The normalized spacial score (nSPS) is 20.5. The van der Waals surface area contributed by atoms with Gasteiger partial charge in [-0.25, -0.2) is 0 Å². The molecule has 0 saturated carbocycles. The van der Waals surface area contributed by atoms with Crippen LogP contribution in [0.1, 0.15) is 6.92 Å². The molecular weight excluding hydrogens is 292 g/mol. The zero-order chi connectivity index (χ0) is 15.4. The fourth-order valence-corrected chi connectivity index (χ4v) is 2.37. The number of nitriles is 1. The van der Waals surface area contributed by atoms with Gasteiger partial charge in [0.2, 0.25) is 5.91 Å². The van der Waals surface area contributed by atoms with Gasteiger partial charge in [0.05, 0.1) is 29.4 Å². The van der Waals surface area contributed by atoms with Crippen molar-refractivity contribution in [2.45, 2.75) is 19.1 Å². The SMILES string of the molecule is CC(C(=O)Nc1ccc(N)cc1Cl)N1CCOC(C#N)C1. The van der Waals surface area contributed by atoms with Crippen LogP contribution in [0.25, 0.3) is 0 Å². The van der Waals surface area contributed by atoms with E-state index < -0.39 is 6.10 Å². The van der Waals surface area contributed by atoms with Crippen LogP contribution in [0, 0.1) is 11.3 Å². The zero-order valence-electron chi connectivity index (χ0n) is 11.7. The molecule has 21 heavy (non-hydrogen) atoms. The summed E-state index contributed by atoms with van der Waals surface area (Å²) < 4.78 is 5.27. The maximum atomic E-state index is 12.3. The van der Waals surface area contributed by atoms with Gasteiger partial charge in [-0.05, 0) is 25.1 Å². The number of amides is 1. The molecule has 1 aromatic rings. The maximum Gasteiger partial charge on any atom is 0.241 e. The third kappa shape index (κ3) is 3.85. The van der Waals surface area contributed by atoms with Crippen LogP contribution >= 0.6 is 11.6 Å². The molecule has 1 heterocycles. The molecule has 2 rings (SSSR count). The number of hydrogen-bond donors (Lipinski definition) is 2. The summed E-state index contributed by atoms with van der Waals surface area (Å²) in [6.07, 6.45) is -0.492. The van der Waals surface area contributed by atoms with Crippen LogP contribution in [0.15, 0.2) is 18.2 Å². The molecule has 1 aliphatic rings. The van der Waals surface area contributed by atoms with Crippen molar-refractivity contribution >= 4 is 28.9 Å². The summed E-state index contributed by atoms with van der Waals surface area (Å²) in [4.78, 5) is 14.2. The molecule has 7 heteroatoms. The van der Waals surface area contributed by atoms with E-state index in [0.29, 0.717) is 36.1 Å². The Morgan fingerprint density at radius 3 is 3.10 bits per heavy atom. The lowest BCUT2D eigenvalue weighted by Gasteiger charge is -2.33. The average molecular weight is 309 g/mol. The Balaban J connectivity index is 2.01. The number of nitrogens with one attached hydrogen (secondary N) is 1. The number of halogens is 1. The van der Waals surface area contributed by atoms with Crippen molar-refractivity contribution in [2.75, 3.05) is 30.7 Å². The monoisotopic (exact) mass is 308 g/mol. The van der Waals surface area contributed by atoms with E-state index in [1.165, 1.54) is 0 Å². The fourth-order valence-electron chi connectivity index (χ4n) is 2.13. The van der Waals surface area contributed by atoms with E-state index in [4.69, 9.17) is 27.3 Å². The quantitative estimate of drug-likeness (QED) is 0.825. The van der Waals surface area contributed by atoms with Gasteiger partial charge in [0, 0.05) is 18.8 Å². The molecule has 0 bridgehead atoms. The first-order valence-electron chi connectivity index (χ1n) is 6.62. The lowest BCUT2D eigenvalue weighted by atomic mass is 10.2. The Kier molecular flexibility index (Phi) is 5.02. The molecule has 0 aliphatic carbocycles. The van der Waals surface area contributed by atoms with Crippen molar-refractivity contribution in [1.29, 1.82) is 5.26 Å². The standard InChI is InChI=1S/C14H17ClN4O2/c1-9(19-4-5-21-11(7-16)8-19)14(20)18-13-3-2-10(17)6-12(13)15/h2-3,6,9,11H,4-5,8,17H2,1H3,(H,18,20). The summed E-state index contributed by atoms with van der Waals surface area (Å²) in [6.45, 7) is 3.27. The molecule has 0 radical (unpaired) electrons. The molecule has 3 N–H and O–H groups in total. The number of ether oxygens (including phenoxy) is 1. The van der Waals surface area contributed by atoms with Crippen molar-refractivity contribution < 1.29 is 9.53 Å². The molecule has 6 nitrogen and oxygen atoms in total. The molecule has 1 aromatic carbocycles. The second kappa shape index (κ2) is 6.76. The van der Waals surface area contributed by atoms with Crippen LogP contribution in [0.4, 0.5) is 11.4 Å². The molecule has 0 spiro atoms. The van der Waals surface area contributed by atoms with Crippen LogP contribution in [0.3, 0.4) is 0 Å². The zero-order valence-corrected chi connectivity index (χ0v) is 12.4. The molecule has 1 saturated heterocycles. The van der Waals surface area contributed by atoms with Crippen molar-refractivity contribution in [1.82, 2.24) is 4.90 Å². The number of nitrogen functional groups attached to an aromatic ring is 1. The van der Waals surface area contributed by atoms with E-state index in [-0.39, 0.29) is 11.9 Å². The molecule has 112 valence electrons. The summed E-state index contributed by atoms with van der Waals surface area (Å²) in [5.74, 6) is -0.180. The summed E-state index contributed by atoms with van der Waals surface area (Å²) in [5, 5.41) is 12.1. The predicted octanol–water partition coefficient (Wildman–Crippen LogP) is 1.47. The van der Waals surface area contributed by atoms with E-state index in [1.807, 2.05) is 4.90 Å². The summed E-state index contributed by atoms with van der Waals surface area (Å²) >= 11 is 6.04. The van der Waals surface area contributed by atoms with Gasteiger partial charge in [0.1, 0.15) is 0 Å². The second-order valence-corrected chi connectivity index (χ2v) is 5.30. The number of rotatable bonds is 3. The first-order valence-corrected chi connectivity index (χ1v) is 7.00. The largest absolute Gasteiger partial charge is 0.399 e. The second-order valence-electron chi connectivity index (χ2n) is 4.89. The minimum Gasteiger partial charge on any atom is -0.399 e. The number of anilines is 2. The third-order valence-corrected chi connectivity index (χ3v) is 3.73. The highest BCUT2D eigenvalue weighted by molar-refractivity contribution is 6.34. The van der Waals surface area contributed by atoms with Crippen LogP contribution in [0.5, 0.6) is 0 Å². The first-order chi connectivity index (χ1) is 10.0. The highest BCUT2D eigenvalue weighted by atomic mass is 35.5. The summed E-state index contributed by atoms with van der Waals surface area (Å²) in [7, 11) is 0. The van der Waals surface area contributed by atoms with E-state index >= 15 is 0 Å². The topological polar surface area (TPSA) is 91.4 Å². The van der Waals surface area contributed by atoms with Gasteiger partial charge in [0.15, 0.2) is 6.10 Å². The molecule has 1 fully saturated rings. The van der Waals surface area contributed by atoms with Crippen molar-refractivity contribution in [3.63, 3.8) is 0 Å². The van der Waals surface area contributed by atoms with Gasteiger partial charge in [-0.2, -0.15) is 5.26 Å². The van der Waals surface area contributed by atoms with Gasteiger partial charge in [-0.15, -0.1) is 0 Å². The van der Waals surface area contributed by atoms with Crippen LogP contribution in [-0.4, -0.2) is 42.6 Å². The molecule has 2 atom stereocenters. The highest BCUT2D eigenvalue weighted by Gasteiger charge is 2.28. The van der Waals surface area contributed by atoms with Gasteiger partial charge in [-0.1, -0.05) is 11.6 Å². The van der Waals surface area contributed by atoms with Gasteiger partial charge in [0.25, 0.3) is 0 Å². The minimum atomic E-state index is -0.492. The highest BCUT2D eigenvalue weighted by Crippen LogP contribution is 2.24. The Hall–Kier alpha value is -1.81. The molecule has 1 amide bonds. The average Bonchev–Trinajstić information content (AvgIpc) is 2.49. The third-order valence-electron chi connectivity index (χ3n) is 3.42. The Labute approximate surface area is 128 Å². The molecule has 1 aliphatic heterocycles. The van der Waals surface area contributed by atoms with Gasteiger partial charge in [-0.3, -0.25) is 9.69 Å². The van der Waals surface area contributed by atoms with Crippen LogP contribution in [0.2, 0.25) is 5.02 Å². The van der Waals surface area contributed by atoms with E-state index in [1.54, 1.807) is 25.1 Å². The van der Waals surface area contributed by atoms with Crippen molar-refractivity contribution in [3.05, 3.63) is 23.2 Å². The summed E-state index contributed by atoms with van der Waals surface area (Å²) in [6, 6.07) is 6.61. The summed E-state index contributed by atoms with van der Waals surface area (Å²) in [5.41, 5.74) is 6.67. The predicted molar refractivity (Wildman–Crippen MR) is 80.9 cm³/mol. The number of nitrogens with two attached hydrogens (primary N) is 1. The maximum absolute atomic E-state index is 12.3. The van der Waals surface area contributed by atoms with Crippen LogP contribution < -0.4 is 11.1 Å². The van der Waals surface area contributed by atoms with Gasteiger partial charge < -0.3 is 15.8 Å². The number of morpholine rings is 1. The smallest absolute Gasteiger partial charge is 0.241 e. The Morgan fingerprint density at radius 1 is 1.67 bits per heavy atom. The van der Waals surface area contributed by atoms with Gasteiger partial charge >= 0.3 is 0 Å². The number of carbonyl (C=O) groups is 1. The number of carbonyl (C=O) groups excluding carboxylic acids is 1. The Morgan fingerprint density at radius 2 is 2.43 bits per heavy atom. The number of hydrogen-bond acceptors (Lipinski definition) is 5. The van der Waals surface area contributed by atoms with E-state index in [0.717, 1.165) is 0 Å². The molecule has 0 aromatic heterocycles. The fraction of sp³-hybridized carbons (Fsp3) is 0.429. The van der Waals surface area contributed by atoms with Crippen LogP contribution in [-0.2, 0) is 9.53 Å². The van der Waals surface area contributed by atoms with E-state index in [9.17, 15) is 4.79 Å². The molecular formula is C14H17ClN4O2. The van der Waals surface area contributed by atoms with E-state index in [2.05, 4.69) is 11.4 Å².